The van der Waals surface area contributed by atoms with E-state index < -0.39 is 0 Å². The van der Waals surface area contributed by atoms with E-state index in [0.717, 1.165) is 22.9 Å². The molecule has 0 amide bonds. The molecule has 0 spiro atoms. The fourth-order valence-electron chi connectivity index (χ4n) is 2.22. The number of ketones is 1. The van der Waals surface area contributed by atoms with Gasteiger partial charge in [-0.1, -0.05) is 18.2 Å². The highest BCUT2D eigenvalue weighted by molar-refractivity contribution is 6.04. The number of fused-ring (bicyclic) bond motifs is 1. The lowest BCUT2D eigenvalue weighted by molar-refractivity contribution is -0.114. The third-order valence-corrected chi connectivity index (χ3v) is 3.38. The zero-order valence-electron chi connectivity index (χ0n) is 11.9. The average Bonchev–Trinajstić information content (AvgIpc) is 2.83. The molecule has 0 aromatic heterocycles. The first-order valence-electron chi connectivity index (χ1n) is 6.60. The molecule has 1 aromatic rings. The summed E-state index contributed by atoms with van der Waals surface area (Å²) in [6.45, 7) is 0. The number of rotatable bonds is 2. The van der Waals surface area contributed by atoms with Gasteiger partial charge in [-0.15, -0.1) is 0 Å². The molecule has 0 saturated carbocycles. The lowest BCUT2D eigenvalue weighted by atomic mass is 10.1. The highest BCUT2D eigenvalue weighted by Gasteiger charge is 2.21. The summed E-state index contributed by atoms with van der Waals surface area (Å²) in [5.74, 6) is 1.79. The summed E-state index contributed by atoms with van der Waals surface area (Å²) in [5.41, 5.74) is 1.91. The third-order valence-electron chi connectivity index (χ3n) is 3.38. The fraction of sp³-hybridized carbons (Fsp3) is 0.118. The van der Waals surface area contributed by atoms with Crippen molar-refractivity contribution in [1.82, 2.24) is 0 Å². The van der Waals surface area contributed by atoms with E-state index in [1.54, 1.807) is 12.2 Å². The van der Waals surface area contributed by atoms with Crippen molar-refractivity contribution >= 4 is 11.5 Å². The smallest absolute Gasteiger partial charge is 0.220 e. The van der Waals surface area contributed by atoms with Crippen molar-refractivity contribution in [2.24, 2.45) is 0 Å². The number of hydrogen-bond donors (Lipinski definition) is 0. The molecule has 0 radical (unpaired) electrons. The van der Waals surface area contributed by atoms with Gasteiger partial charge in [-0.25, -0.2) is 0 Å². The minimum absolute atomic E-state index is 0.121. The predicted molar refractivity (Wildman–Crippen MR) is 80.9 cm³/mol. The number of carbonyl (C=O) groups excluding carboxylic acids is 1. The third kappa shape index (κ3) is 2.48. The molecule has 0 unspecified atom stereocenters. The average molecular weight is 281 g/mol. The maximum atomic E-state index is 11.5. The summed E-state index contributed by atoms with van der Waals surface area (Å²) in [6.07, 6.45) is 8.72. The molecule has 106 valence electrons. The standard InChI is InChI=1S/C17H15NO3/c1-18-13-5-3-4-6-15(13)21-17(18)10-8-12-7-9-14(19)16(11-12)20-2/h3-11H,1-2H3/b12-8-,17-10-. The highest BCUT2D eigenvalue weighted by atomic mass is 16.5. The Morgan fingerprint density at radius 2 is 2.00 bits per heavy atom. The predicted octanol–water partition coefficient (Wildman–Crippen LogP) is 2.95. The van der Waals surface area contributed by atoms with Gasteiger partial charge in [-0.3, -0.25) is 4.79 Å². The van der Waals surface area contributed by atoms with E-state index in [9.17, 15) is 4.79 Å². The Labute approximate surface area is 123 Å². The van der Waals surface area contributed by atoms with E-state index in [1.807, 2.05) is 48.4 Å². The van der Waals surface area contributed by atoms with Crippen molar-refractivity contribution in [1.29, 1.82) is 0 Å². The topological polar surface area (TPSA) is 38.8 Å². The molecule has 21 heavy (non-hydrogen) atoms. The van der Waals surface area contributed by atoms with Crippen LogP contribution in [0.3, 0.4) is 0 Å². The highest BCUT2D eigenvalue weighted by Crippen LogP contribution is 2.37. The van der Waals surface area contributed by atoms with E-state index in [1.165, 1.54) is 13.2 Å². The molecular formula is C17H15NO3. The van der Waals surface area contributed by atoms with Crippen molar-refractivity contribution in [2.45, 2.75) is 0 Å². The summed E-state index contributed by atoms with van der Waals surface area (Å²) in [6, 6.07) is 7.85. The summed E-state index contributed by atoms with van der Waals surface area (Å²) < 4.78 is 10.8. The summed E-state index contributed by atoms with van der Waals surface area (Å²) in [4.78, 5) is 13.5. The summed E-state index contributed by atoms with van der Waals surface area (Å²) >= 11 is 0. The van der Waals surface area contributed by atoms with Crippen molar-refractivity contribution in [3.8, 4) is 5.75 Å². The van der Waals surface area contributed by atoms with E-state index >= 15 is 0 Å². The van der Waals surface area contributed by atoms with Gasteiger partial charge >= 0.3 is 0 Å². The number of nitrogens with zero attached hydrogens (tertiary/aromatic N) is 1. The van der Waals surface area contributed by atoms with Gasteiger partial charge < -0.3 is 14.4 Å². The molecule has 4 heteroatoms. The Kier molecular flexibility index (Phi) is 3.36. The Hall–Kier alpha value is -2.75. The van der Waals surface area contributed by atoms with Gasteiger partial charge in [0.25, 0.3) is 0 Å². The number of carbonyl (C=O) groups is 1. The quantitative estimate of drug-likeness (QED) is 0.835. The Morgan fingerprint density at radius 3 is 2.76 bits per heavy atom. The molecular weight excluding hydrogens is 266 g/mol. The largest absolute Gasteiger partial charge is 0.493 e. The van der Waals surface area contributed by atoms with Crippen molar-refractivity contribution in [2.75, 3.05) is 19.1 Å². The maximum Gasteiger partial charge on any atom is 0.220 e. The van der Waals surface area contributed by atoms with Gasteiger partial charge in [0, 0.05) is 7.05 Å². The number of hydrogen-bond acceptors (Lipinski definition) is 4. The summed E-state index contributed by atoms with van der Waals surface area (Å²) in [7, 11) is 3.44. The minimum atomic E-state index is -0.121. The van der Waals surface area contributed by atoms with Crippen molar-refractivity contribution < 1.29 is 14.3 Å². The van der Waals surface area contributed by atoms with Crippen LogP contribution in [0.1, 0.15) is 0 Å². The molecule has 4 nitrogen and oxygen atoms in total. The van der Waals surface area contributed by atoms with Gasteiger partial charge in [0.05, 0.1) is 12.8 Å². The second-order valence-corrected chi connectivity index (χ2v) is 4.71. The lowest BCUT2D eigenvalue weighted by Gasteiger charge is -2.10. The van der Waals surface area contributed by atoms with Crippen LogP contribution in [0.5, 0.6) is 5.75 Å². The molecule has 2 aliphatic rings. The van der Waals surface area contributed by atoms with Gasteiger partial charge in [0.1, 0.15) is 0 Å². The van der Waals surface area contributed by atoms with Crippen LogP contribution in [-0.4, -0.2) is 19.9 Å². The molecule has 0 bridgehead atoms. The van der Waals surface area contributed by atoms with Gasteiger partial charge in [0.15, 0.2) is 17.4 Å². The summed E-state index contributed by atoms with van der Waals surface area (Å²) in [5, 5.41) is 0. The van der Waals surface area contributed by atoms with Crippen molar-refractivity contribution in [3.05, 3.63) is 71.9 Å². The van der Waals surface area contributed by atoms with E-state index in [0.29, 0.717) is 5.76 Å². The fourth-order valence-corrected chi connectivity index (χ4v) is 2.22. The van der Waals surface area contributed by atoms with E-state index in [2.05, 4.69) is 0 Å². The lowest BCUT2D eigenvalue weighted by Crippen LogP contribution is -2.12. The zero-order chi connectivity index (χ0) is 14.8. The zero-order valence-corrected chi connectivity index (χ0v) is 11.9. The number of ether oxygens (including phenoxy) is 2. The van der Waals surface area contributed by atoms with Crippen LogP contribution >= 0.6 is 0 Å². The van der Waals surface area contributed by atoms with Gasteiger partial charge in [-0.2, -0.15) is 0 Å². The molecule has 0 atom stereocenters. The molecule has 1 aromatic carbocycles. The maximum absolute atomic E-state index is 11.5. The van der Waals surface area contributed by atoms with Crippen LogP contribution in [0.2, 0.25) is 0 Å². The Balaban J connectivity index is 1.85. The second-order valence-electron chi connectivity index (χ2n) is 4.71. The molecule has 1 aliphatic carbocycles. The van der Waals surface area contributed by atoms with Crippen LogP contribution in [0, 0.1) is 0 Å². The monoisotopic (exact) mass is 281 g/mol. The van der Waals surface area contributed by atoms with E-state index in [4.69, 9.17) is 9.47 Å². The first kappa shape index (κ1) is 13.2. The molecule has 0 saturated heterocycles. The Bertz CT molecular complexity index is 711. The number of anilines is 1. The van der Waals surface area contributed by atoms with Crippen LogP contribution in [0.15, 0.2) is 71.9 Å². The molecule has 0 N–H and O–H groups in total. The van der Waals surface area contributed by atoms with Gasteiger partial charge in [0.2, 0.25) is 5.78 Å². The van der Waals surface area contributed by atoms with Crippen LogP contribution in [-0.2, 0) is 9.53 Å². The number of allylic oxidation sites excluding steroid dienone is 6. The number of benzene rings is 1. The number of methoxy groups -OCH3 is 1. The number of para-hydroxylation sites is 2. The first-order chi connectivity index (χ1) is 10.2. The molecule has 3 rings (SSSR count). The van der Waals surface area contributed by atoms with E-state index in [-0.39, 0.29) is 5.78 Å². The normalized spacial score (nSPS) is 20.6. The minimum Gasteiger partial charge on any atom is -0.493 e. The molecule has 1 aliphatic heterocycles. The first-order valence-corrected chi connectivity index (χ1v) is 6.60. The SMILES string of the molecule is COC1=C/C(=C\C=C2/Oc3ccccc3N2C)C=CC1=O. The molecule has 1 heterocycles. The van der Waals surface area contributed by atoms with Crippen LogP contribution in [0.4, 0.5) is 5.69 Å². The van der Waals surface area contributed by atoms with Gasteiger partial charge in [-0.05, 0) is 42.0 Å². The van der Waals surface area contributed by atoms with Crippen LogP contribution in [0.25, 0.3) is 0 Å². The van der Waals surface area contributed by atoms with Crippen molar-refractivity contribution in [3.63, 3.8) is 0 Å². The second kappa shape index (κ2) is 5.32. The molecule has 0 fully saturated rings. The van der Waals surface area contributed by atoms with Crippen LogP contribution < -0.4 is 9.64 Å². The Morgan fingerprint density at radius 1 is 1.19 bits per heavy atom.